The van der Waals surface area contributed by atoms with Crippen molar-refractivity contribution < 1.29 is 18.7 Å². The Hall–Kier alpha value is -3.67. The molecule has 0 saturated carbocycles. The van der Waals surface area contributed by atoms with Crippen LogP contribution in [0.5, 0.6) is 5.75 Å². The molecule has 12 heteroatoms. The minimum Gasteiger partial charge on any atom is -0.496 e. The van der Waals surface area contributed by atoms with Gasteiger partial charge in [0.1, 0.15) is 17.6 Å². The van der Waals surface area contributed by atoms with E-state index in [4.69, 9.17) is 30.5 Å². The van der Waals surface area contributed by atoms with E-state index in [1.165, 1.54) is 34.8 Å². The number of ether oxygens (including phenoxy) is 2. The first-order chi connectivity index (χ1) is 20.2. The summed E-state index contributed by atoms with van der Waals surface area (Å²) in [7, 11) is 1.53. The van der Waals surface area contributed by atoms with Crippen LogP contribution >= 0.6 is 34.7 Å². The number of halogens is 1. The monoisotopic (exact) mass is 624 g/mol. The van der Waals surface area contributed by atoms with Crippen LogP contribution in [0.4, 0.5) is 0 Å². The lowest BCUT2D eigenvalue weighted by molar-refractivity contribution is -0.139. The number of hydrogen-bond acceptors (Lipinski definition) is 10. The summed E-state index contributed by atoms with van der Waals surface area (Å²) in [5.41, 5.74) is 2.84. The number of carbonyl (C=O) groups is 1. The lowest BCUT2D eigenvalue weighted by atomic mass is 9.93. The molecule has 218 valence electrons. The van der Waals surface area contributed by atoms with Gasteiger partial charge in [-0.1, -0.05) is 36.3 Å². The summed E-state index contributed by atoms with van der Waals surface area (Å²) in [5, 5.41) is 1.62. The average Bonchev–Trinajstić information content (AvgIpc) is 3.50. The third kappa shape index (κ3) is 6.08. The SMILES string of the molecule is CCCC1=C(C(=O)OCC)[C@@H](c2cc(Cl)ccc2OC)n2c(s/c(=C\c3ccc(Sc4nc(C)cc(C)n4)o3)c2=O)=N1. The predicted molar refractivity (Wildman–Crippen MR) is 162 cm³/mol. The van der Waals surface area contributed by atoms with Crippen LogP contribution in [-0.2, 0) is 9.53 Å². The maximum atomic E-state index is 14.0. The van der Waals surface area contributed by atoms with E-state index in [1.54, 1.807) is 37.3 Å². The van der Waals surface area contributed by atoms with Crippen molar-refractivity contribution in [2.45, 2.75) is 56.8 Å². The quantitative estimate of drug-likeness (QED) is 0.180. The highest BCUT2D eigenvalue weighted by Gasteiger charge is 2.36. The molecule has 0 N–H and O–H groups in total. The first-order valence-corrected chi connectivity index (χ1v) is 15.4. The van der Waals surface area contributed by atoms with Crippen molar-refractivity contribution in [2.75, 3.05) is 13.7 Å². The van der Waals surface area contributed by atoms with Crippen molar-refractivity contribution in [2.24, 2.45) is 4.99 Å². The third-order valence-corrected chi connectivity index (χ3v) is 8.41. The Kier molecular flexibility index (Phi) is 9.00. The number of thiazole rings is 1. The van der Waals surface area contributed by atoms with Gasteiger partial charge in [-0.05, 0) is 75.4 Å². The van der Waals surface area contributed by atoms with Gasteiger partial charge in [0.2, 0.25) is 0 Å². The molecule has 0 spiro atoms. The Morgan fingerprint density at radius 2 is 1.93 bits per heavy atom. The summed E-state index contributed by atoms with van der Waals surface area (Å²) in [6, 6.07) is 9.78. The van der Waals surface area contributed by atoms with E-state index in [0.717, 1.165) is 17.8 Å². The Balaban J connectivity index is 1.65. The van der Waals surface area contributed by atoms with Gasteiger partial charge in [0.05, 0.1) is 29.5 Å². The number of fused-ring (bicyclic) bond motifs is 1. The topological polar surface area (TPSA) is 109 Å². The van der Waals surface area contributed by atoms with E-state index in [0.29, 0.717) is 59.4 Å². The summed E-state index contributed by atoms with van der Waals surface area (Å²) in [6.45, 7) is 7.75. The summed E-state index contributed by atoms with van der Waals surface area (Å²) >= 11 is 8.94. The molecule has 1 aliphatic heterocycles. The number of hydrogen-bond donors (Lipinski definition) is 0. The molecule has 0 amide bonds. The van der Waals surface area contributed by atoms with Gasteiger partial charge in [-0.2, -0.15) is 0 Å². The Morgan fingerprint density at radius 1 is 1.17 bits per heavy atom. The second-order valence-corrected chi connectivity index (χ2v) is 11.9. The zero-order chi connectivity index (χ0) is 30.0. The number of furan rings is 1. The fourth-order valence-electron chi connectivity index (χ4n) is 4.76. The molecule has 0 unspecified atom stereocenters. The number of rotatable bonds is 9. The van der Waals surface area contributed by atoms with Crippen molar-refractivity contribution in [1.82, 2.24) is 14.5 Å². The number of esters is 1. The van der Waals surface area contributed by atoms with Crippen molar-refractivity contribution in [3.8, 4) is 5.75 Å². The van der Waals surface area contributed by atoms with Crippen LogP contribution in [0.1, 0.15) is 55.4 Å². The number of methoxy groups -OCH3 is 1. The van der Waals surface area contributed by atoms with Gasteiger partial charge in [0, 0.05) is 28.0 Å². The molecule has 4 aromatic rings. The van der Waals surface area contributed by atoms with Crippen LogP contribution in [-0.4, -0.2) is 34.2 Å². The fraction of sp³-hybridized carbons (Fsp3) is 0.300. The molecule has 4 heterocycles. The van der Waals surface area contributed by atoms with Crippen LogP contribution in [0.2, 0.25) is 5.02 Å². The number of nitrogens with zero attached hydrogens (tertiary/aromatic N) is 4. The van der Waals surface area contributed by atoms with Gasteiger partial charge in [0.25, 0.3) is 5.56 Å². The third-order valence-electron chi connectivity index (χ3n) is 6.41. The zero-order valence-corrected chi connectivity index (χ0v) is 26.2. The molecule has 42 heavy (non-hydrogen) atoms. The lowest BCUT2D eigenvalue weighted by Gasteiger charge is -2.27. The summed E-state index contributed by atoms with van der Waals surface area (Å²) in [6.07, 6.45) is 2.95. The lowest BCUT2D eigenvalue weighted by Crippen LogP contribution is -2.40. The molecule has 0 radical (unpaired) electrons. The molecule has 1 atom stereocenters. The normalized spacial score (nSPS) is 15.0. The Bertz CT molecular complexity index is 1850. The van der Waals surface area contributed by atoms with Crippen LogP contribution in [0.25, 0.3) is 6.08 Å². The van der Waals surface area contributed by atoms with E-state index in [1.807, 2.05) is 32.9 Å². The highest BCUT2D eigenvalue weighted by Crippen LogP contribution is 2.38. The number of carbonyl (C=O) groups excluding carboxylic acids is 1. The van der Waals surface area contributed by atoms with Crippen molar-refractivity contribution in [3.05, 3.63) is 95.1 Å². The second kappa shape index (κ2) is 12.7. The molecular weight excluding hydrogens is 596 g/mol. The number of allylic oxidation sites excluding steroid dienone is 1. The maximum Gasteiger partial charge on any atom is 0.338 e. The molecular formula is C30H29ClN4O5S2. The Morgan fingerprint density at radius 3 is 2.62 bits per heavy atom. The zero-order valence-electron chi connectivity index (χ0n) is 23.8. The first-order valence-electron chi connectivity index (χ1n) is 13.4. The van der Waals surface area contributed by atoms with Crippen LogP contribution in [0, 0.1) is 13.8 Å². The summed E-state index contributed by atoms with van der Waals surface area (Å²) in [4.78, 5) is 41.6. The summed E-state index contributed by atoms with van der Waals surface area (Å²) < 4.78 is 19.0. The van der Waals surface area contributed by atoms with Crippen LogP contribution in [0.15, 0.2) is 72.1 Å². The highest BCUT2D eigenvalue weighted by atomic mass is 35.5. The van der Waals surface area contributed by atoms with Gasteiger partial charge in [0.15, 0.2) is 15.1 Å². The van der Waals surface area contributed by atoms with Crippen molar-refractivity contribution in [1.29, 1.82) is 0 Å². The molecule has 3 aromatic heterocycles. The smallest absolute Gasteiger partial charge is 0.338 e. The summed E-state index contributed by atoms with van der Waals surface area (Å²) in [5.74, 6) is 0.439. The number of benzene rings is 1. The molecule has 0 bridgehead atoms. The highest BCUT2D eigenvalue weighted by molar-refractivity contribution is 7.99. The van der Waals surface area contributed by atoms with Gasteiger partial charge in [-0.25, -0.2) is 19.8 Å². The van der Waals surface area contributed by atoms with E-state index >= 15 is 0 Å². The standard InChI is InChI=1S/C30H29ClN4O5S2/c1-6-8-21-25(28(37)39-7-2)26(20-14-18(31)9-11-22(20)38-5)35-27(36)23(41-30(35)34-21)15-19-10-12-24(40-19)42-29-32-16(3)13-17(4)33-29/h9-15,26H,6-8H2,1-5H3/b23-15-/t26-/m1/s1. The van der Waals surface area contributed by atoms with E-state index in [-0.39, 0.29) is 12.2 Å². The average molecular weight is 625 g/mol. The first kappa shape index (κ1) is 29.8. The van der Waals surface area contributed by atoms with E-state index < -0.39 is 12.0 Å². The minimum atomic E-state index is -0.845. The van der Waals surface area contributed by atoms with E-state index in [2.05, 4.69) is 9.97 Å². The molecule has 0 saturated heterocycles. The largest absolute Gasteiger partial charge is 0.496 e. The molecule has 5 rings (SSSR count). The maximum absolute atomic E-state index is 14.0. The van der Waals surface area contributed by atoms with E-state index in [9.17, 15) is 9.59 Å². The van der Waals surface area contributed by atoms with Gasteiger partial charge in [-0.15, -0.1) is 0 Å². The molecule has 1 aromatic carbocycles. The second-order valence-electron chi connectivity index (χ2n) is 9.49. The van der Waals surface area contributed by atoms with Crippen LogP contribution in [0.3, 0.4) is 0 Å². The fourth-order valence-corrected chi connectivity index (χ4v) is 6.77. The number of aryl methyl sites for hydroxylation is 2. The van der Waals surface area contributed by atoms with Gasteiger partial charge < -0.3 is 13.9 Å². The van der Waals surface area contributed by atoms with Crippen molar-refractivity contribution in [3.63, 3.8) is 0 Å². The van der Waals surface area contributed by atoms with Gasteiger partial charge in [-0.3, -0.25) is 9.36 Å². The molecule has 0 fully saturated rings. The predicted octanol–water partition coefficient (Wildman–Crippen LogP) is 5.39. The number of aromatic nitrogens is 3. The molecule has 0 aliphatic carbocycles. The molecule has 1 aliphatic rings. The van der Waals surface area contributed by atoms with Gasteiger partial charge >= 0.3 is 5.97 Å². The van der Waals surface area contributed by atoms with Crippen molar-refractivity contribution >= 4 is 46.7 Å². The Labute approximate surface area is 255 Å². The minimum absolute atomic E-state index is 0.178. The molecule has 9 nitrogen and oxygen atoms in total. The van der Waals surface area contributed by atoms with Crippen LogP contribution < -0.4 is 19.6 Å².